The minimum absolute atomic E-state index is 0.103. The third-order valence-corrected chi connectivity index (χ3v) is 5.72. The lowest BCUT2D eigenvalue weighted by Gasteiger charge is -2.17. The maximum atomic E-state index is 12.0. The summed E-state index contributed by atoms with van der Waals surface area (Å²) >= 11 is 0. The number of nitrogens with zero attached hydrogens (tertiary/aromatic N) is 5. The second-order valence-corrected chi connectivity index (χ2v) is 7.98. The summed E-state index contributed by atoms with van der Waals surface area (Å²) in [5.41, 5.74) is 2.94. The fraction of sp³-hybridized carbons (Fsp3) is 0.148. The van der Waals surface area contributed by atoms with E-state index in [-0.39, 0.29) is 12.4 Å². The molecule has 174 valence electrons. The molecule has 5 aromatic rings. The third kappa shape index (κ3) is 4.59. The van der Waals surface area contributed by atoms with Crippen LogP contribution in [-0.4, -0.2) is 38.7 Å². The molecule has 0 aliphatic rings. The van der Waals surface area contributed by atoms with Crippen LogP contribution in [0.1, 0.15) is 18.3 Å². The number of hydrogen-bond acceptors (Lipinski definition) is 6. The Morgan fingerprint density at radius 1 is 1.00 bits per heavy atom. The van der Waals surface area contributed by atoms with E-state index in [0.717, 1.165) is 28.1 Å². The predicted octanol–water partition coefficient (Wildman–Crippen LogP) is 4.43. The first-order valence-electron chi connectivity index (χ1n) is 11.3. The molecular formula is C27H23N5O3. The molecule has 5 rings (SSSR count). The van der Waals surface area contributed by atoms with Gasteiger partial charge in [0.05, 0.1) is 54.6 Å². The quantitative estimate of drug-likeness (QED) is 0.249. The van der Waals surface area contributed by atoms with Gasteiger partial charge in [-0.15, -0.1) is 0 Å². The number of carbonyl (C=O) groups is 2. The van der Waals surface area contributed by atoms with Crippen molar-refractivity contribution in [2.24, 2.45) is 0 Å². The second kappa shape index (κ2) is 9.72. The first kappa shape index (κ1) is 22.2. The third-order valence-electron chi connectivity index (χ3n) is 5.72. The van der Waals surface area contributed by atoms with E-state index in [9.17, 15) is 9.59 Å². The molecule has 0 saturated carbocycles. The van der Waals surface area contributed by atoms with Crippen molar-refractivity contribution in [3.63, 3.8) is 0 Å². The normalized spacial score (nSPS) is 11.0. The summed E-state index contributed by atoms with van der Waals surface area (Å²) in [5.74, 6) is 0.113. The average Bonchev–Trinajstić information content (AvgIpc) is 3.22. The van der Waals surface area contributed by atoms with Gasteiger partial charge in [0.15, 0.2) is 5.82 Å². The van der Waals surface area contributed by atoms with Crippen LogP contribution in [0.5, 0.6) is 0 Å². The molecule has 0 N–H and O–H groups in total. The maximum absolute atomic E-state index is 12.0. The summed E-state index contributed by atoms with van der Waals surface area (Å²) in [5, 5.41) is 7.66. The number of para-hydroxylation sites is 1. The number of aromatic nitrogens is 4. The van der Waals surface area contributed by atoms with E-state index in [4.69, 9.17) is 4.74 Å². The molecule has 0 spiro atoms. The van der Waals surface area contributed by atoms with E-state index >= 15 is 0 Å². The number of benzene rings is 3. The van der Waals surface area contributed by atoms with Crippen LogP contribution >= 0.6 is 0 Å². The highest BCUT2D eigenvalue weighted by atomic mass is 16.5. The number of anilines is 2. The van der Waals surface area contributed by atoms with Gasteiger partial charge in [0, 0.05) is 5.39 Å². The Balaban J connectivity index is 1.40. The molecule has 0 saturated heterocycles. The topological polar surface area (TPSA) is 90.2 Å². The molecule has 35 heavy (non-hydrogen) atoms. The molecule has 0 atom stereocenters. The monoisotopic (exact) mass is 465 g/mol. The van der Waals surface area contributed by atoms with E-state index in [1.807, 2.05) is 66.7 Å². The zero-order valence-electron chi connectivity index (χ0n) is 19.2. The van der Waals surface area contributed by atoms with Crippen molar-refractivity contribution in [3.05, 3.63) is 90.5 Å². The standard InChI is InChI=1S/C27H23N5O3/c1-2-35-27(34)14-24-23-9-5-6-10-25(23)32(30-24)17-21-15-29-26(16-28-21)31(18-33)22-12-11-19-7-3-4-8-20(19)13-22/h3-13,15-16,18H,2,14,17H2,1H3. The first-order valence-corrected chi connectivity index (χ1v) is 11.3. The Bertz CT molecular complexity index is 1510. The Kier molecular flexibility index (Phi) is 6.17. The predicted molar refractivity (Wildman–Crippen MR) is 133 cm³/mol. The van der Waals surface area contributed by atoms with E-state index in [1.165, 1.54) is 4.90 Å². The van der Waals surface area contributed by atoms with E-state index in [2.05, 4.69) is 15.1 Å². The van der Waals surface area contributed by atoms with E-state index < -0.39 is 0 Å². The molecule has 0 bridgehead atoms. The maximum Gasteiger partial charge on any atom is 0.311 e. The van der Waals surface area contributed by atoms with Crippen molar-refractivity contribution in [2.45, 2.75) is 19.9 Å². The van der Waals surface area contributed by atoms with Crippen LogP contribution in [-0.2, 0) is 27.3 Å². The minimum Gasteiger partial charge on any atom is -0.466 e. The molecule has 8 nitrogen and oxygen atoms in total. The molecule has 0 radical (unpaired) electrons. The fourth-order valence-electron chi connectivity index (χ4n) is 4.08. The zero-order chi connectivity index (χ0) is 24.2. The van der Waals surface area contributed by atoms with Crippen LogP contribution in [0.2, 0.25) is 0 Å². The zero-order valence-corrected chi connectivity index (χ0v) is 19.2. The summed E-state index contributed by atoms with van der Waals surface area (Å²) in [6, 6.07) is 21.5. The summed E-state index contributed by atoms with van der Waals surface area (Å²) < 4.78 is 6.88. The van der Waals surface area contributed by atoms with Crippen molar-refractivity contribution in [3.8, 4) is 0 Å². The van der Waals surface area contributed by atoms with Gasteiger partial charge in [-0.1, -0.05) is 48.5 Å². The van der Waals surface area contributed by atoms with Crippen LogP contribution in [0.4, 0.5) is 11.5 Å². The Morgan fingerprint density at radius 3 is 2.57 bits per heavy atom. The van der Waals surface area contributed by atoms with Gasteiger partial charge >= 0.3 is 5.97 Å². The van der Waals surface area contributed by atoms with Gasteiger partial charge in [0.1, 0.15) is 0 Å². The van der Waals surface area contributed by atoms with Crippen molar-refractivity contribution in [2.75, 3.05) is 11.5 Å². The van der Waals surface area contributed by atoms with Gasteiger partial charge in [-0.3, -0.25) is 24.2 Å². The van der Waals surface area contributed by atoms with E-state index in [0.29, 0.717) is 36.0 Å². The Morgan fingerprint density at radius 2 is 1.80 bits per heavy atom. The summed E-state index contributed by atoms with van der Waals surface area (Å²) in [6.07, 6.45) is 4.04. The lowest BCUT2D eigenvalue weighted by Crippen LogP contribution is -2.16. The lowest BCUT2D eigenvalue weighted by atomic mass is 10.1. The smallest absolute Gasteiger partial charge is 0.311 e. The minimum atomic E-state index is -0.310. The highest BCUT2D eigenvalue weighted by molar-refractivity contribution is 5.92. The van der Waals surface area contributed by atoms with Gasteiger partial charge in [0.2, 0.25) is 6.41 Å². The number of ether oxygens (including phenoxy) is 1. The van der Waals surface area contributed by atoms with Gasteiger partial charge in [-0.25, -0.2) is 4.98 Å². The number of esters is 1. The SMILES string of the molecule is CCOC(=O)Cc1nn(Cc2cnc(N(C=O)c3ccc4ccccc4c3)cn2)c2ccccc12. The summed E-state index contributed by atoms with van der Waals surface area (Å²) in [7, 11) is 0. The van der Waals surface area contributed by atoms with Crippen LogP contribution in [0, 0.1) is 0 Å². The molecule has 1 amide bonds. The molecule has 3 aromatic carbocycles. The summed E-state index contributed by atoms with van der Waals surface area (Å²) in [4.78, 5) is 34.4. The molecule has 2 aromatic heterocycles. The lowest BCUT2D eigenvalue weighted by molar-refractivity contribution is -0.142. The van der Waals surface area contributed by atoms with Gasteiger partial charge in [-0.05, 0) is 35.9 Å². The molecule has 2 heterocycles. The van der Waals surface area contributed by atoms with Gasteiger partial charge in [-0.2, -0.15) is 5.10 Å². The van der Waals surface area contributed by atoms with Crippen molar-refractivity contribution < 1.29 is 14.3 Å². The number of rotatable bonds is 8. The molecule has 0 unspecified atom stereocenters. The van der Waals surface area contributed by atoms with Gasteiger partial charge < -0.3 is 4.74 Å². The van der Waals surface area contributed by atoms with E-state index in [1.54, 1.807) is 24.0 Å². The highest BCUT2D eigenvalue weighted by Crippen LogP contribution is 2.26. The number of amides is 1. The largest absolute Gasteiger partial charge is 0.466 e. The molecule has 0 aliphatic heterocycles. The van der Waals surface area contributed by atoms with Crippen LogP contribution < -0.4 is 4.90 Å². The number of carbonyl (C=O) groups excluding carboxylic acids is 2. The molecule has 8 heteroatoms. The van der Waals surface area contributed by atoms with Crippen LogP contribution in [0.3, 0.4) is 0 Å². The average molecular weight is 466 g/mol. The second-order valence-electron chi connectivity index (χ2n) is 7.98. The number of hydrogen-bond donors (Lipinski definition) is 0. The van der Waals surface area contributed by atoms with Gasteiger partial charge in [0.25, 0.3) is 0 Å². The fourth-order valence-corrected chi connectivity index (χ4v) is 4.08. The highest BCUT2D eigenvalue weighted by Gasteiger charge is 2.16. The molecular weight excluding hydrogens is 442 g/mol. The number of fused-ring (bicyclic) bond motifs is 2. The Hall–Kier alpha value is -4.59. The van der Waals surface area contributed by atoms with Crippen LogP contribution in [0.15, 0.2) is 79.1 Å². The van der Waals surface area contributed by atoms with Crippen LogP contribution in [0.25, 0.3) is 21.7 Å². The van der Waals surface area contributed by atoms with Crippen molar-refractivity contribution >= 4 is 45.6 Å². The summed E-state index contributed by atoms with van der Waals surface area (Å²) in [6.45, 7) is 2.48. The first-order chi connectivity index (χ1) is 17.2. The Labute approximate surface area is 201 Å². The molecule has 0 aliphatic carbocycles. The van der Waals surface area contributed by atoms with Crippen molar-refractivity contribution in [1.29, 1.82) is 0 Å². The van der Waals surface area contributed by atoms with Crippen molar-refractivity contribution in [1.82, 2.24) is 19.7 Å². The molecule has 0 fully saturated rings.